The zero-order valence-electron chi connectivity index (χ0n) is 13.6. The molecule has 24 heavy (non-hydrogen) atoms. The molecule has 0 spiro atoms. The van der Waals surface area contributed by atoms with Gasteiger partial charge in [-0.25, -0.2) is 4.98 Å². The third-order valence-corrected chi connectivity index (χ3v) is 4.80. The third kappa shape index (κ3) is 3.89. The molecule has 0 radical (unpaired) electrons. The van der Waals surface area contributed by atoms with E-state index in [0.717, 1.165) is 35.7 Å². The largest absolute Gasteiger partial charge is 0.347 e. The molecule has 124 valence electrons. The maximum Gasteiger partial charge on any atom is 0.263 e. The van der Waals surface area contributed by atoms with Crippen molar-refractivity contribution in [2.45, 2.75) is 32.7 Å². The van der Waals surface area contributed by atoms with E-state index in [0.29, 0.717) is 11.4 Å². The summed E-state index contributed by atoms with van der Waals surface area (Å²) in [5, 5.41) is 3.82. The van der Waals surface area contributed by atoms with Gasteiger partial charge >= 0.3 is 0 Å². The summed E-state index contributed by atoms with van der Waals surface area (Å²) in [7, 11) is 0. The molecule has 3 aromatic rings. The molecule has 1 amide bonds. The van der Waals surface area contributed by atoms with Crippen LogP contribution >= 0.6 is 11.3 Å². The minimum absolute atomic E-state index is 0.0613. The van der Waals surface area contributed by atoms with Gasteiger partial charge < -0.3 is 9.88 Å². The van der Waals surface area contributed by atoms with E-state index in [1.54, 1.807) is 12.4 Å². The van der Waals surface area contributed by atoms with Crippen LogP contribution in [-0.4, -0.2) is 20.4 Å². The summed E-state index contributed by atoms with van der Waals surface area (Å²) in [5.74, 6) is -0.0613. The molecule has 0 bridgehead atoms. The van der Waals surface area contributed by atoms with Crippen LogP contribution in [0.1, 0.15) is 40.7 Å². The molecule has 0 aromatic carbocycles. The number of hydrogen-bond acceptors (Lipinski definition) is 4. The van der Waals surface area contributed by atoms with E-state index in [1.165, 1.54) is 11.3 Å². The van der Waals surface area contributed by atoms with Gasteiger partial charge in [0.1, 0.15) is 4.88 Å². The molecule has 0 aliphatic carbocycles. The second kappa shape index (κ2) is 7.88. The Morgan fingerprint density at radius 1 is 1.25 bits per heavy atom. The van der Waals surface area contributed by atoms with Crippen LogP contribution in [0.15, 0.2) is 49.1 Å². The van der Waals surface area contributed by atoms with Gasteiger partial charge in [0.2, 0.25) is 0 Å². The van der Waals surface area contributed by atoms with Gasteiger partial charge in [-0.1, -0.05) is 24.7 Å². The van der Waals surface area contributed by atoms with E-state index < -0.39 is 0 Å². The fourth-order valence-corrected chi connectivity index (χ4v) is 3.36. The summed E-state index contributed by atoms with van der Waals surface area (Å²) >= 11 is 1.44. The highest BCUT2D eigenvalue weighted by molar-refractivity contribution is 7.16. The summed E-state index contributed by atoms with van der Waals surface area (Å²) < 4.78 is 1.94. The number of nitrogens with zero attached hydrogens (tertiary/aromatic N) is 3. The summed E-state index contributed by atoms with van der Waals surface area (Å²) in [6.45, 7) is 2.63. The zero-order valence-corrected chi connectivity index (χ0v) is 14.4. The topological polar surface area (TPSA) is 59.8 Å². The molecule has 5 nitrogen and oxygen atoms in total. The second-order valence-corrected chi connectivity index (χ2v) is 6.48. The fraction of sp³-hybridized carbons (Fsp3) is 0.278. The lowest BCUT2D eigenvalue weighted by molar-refractivity contribution is 0.0954. The van der Waals surface area contributed by atoms with E-state index in [9.17, 15) is 4.79 Å². The monoisotopic (exact) mass is 340 g/mol. The first kappa shape index (κ1) is 16.4. The van der Waals surface area contributed by atoms with Crippen LogP contribution in [0.3, 0.4) is 0 Å². The third-order valence-electron chi connectivity index (χ3n) is 3.69. The summed E-state index contributed by atoms with van der Waals surface area (Å²) in [6, 6.07) is 7.71. The number of aromatic nitrogens is 3. The highest BCUT2D eigenvalue weighted by Crippen LogP contribution is 2.24. The lowest BCUT2D eigenvalue weighted by Crippen LogP contribution is -2.23. The number of hydrogen-bond donors (Lipinski definition) is 1. The molecule has 3 rings (SSSR count). The summed E-state index contributed by atoms with van der Waals surface area (Å²) in [6.07, 6.45) is 10.3. The Balaban J connectivity index is 1.78. The van der Waals surface area contributed by atoms with E-state index in [2.05, 4.69) is 22.2 Å². The predicted molar refractivity (Wildman–Crippen MR) is 95.5 cm³/mol. The van der Waals surface area contributed by atoms with Crippen molar-refractivity contribution >= 4 is 17.2 Å². The molecular weight excluding hydrogens is 320 g/mol. The SMILES string of the molecule is CCCCc1nc(-n2cccc2)sc1C(=O)NCc1ccncc1. The van der Waals surface area contributed by atoms with Crippen LogP contribution < -0.4 is 5.32 Å². The number of unbranched alkanes of at least 4 members (excludes halogenated alkanes) is 1. The van der Waals surface area contributed by atoms with Crippen molar-refractivity contribution in [3.8, 4) is 5.13 Å². The molecule has 3 heterocycles. The molecule has 0 saturated heterocycles. The number of rotatable bonds is 7. The van der Waals surface area contributed by atoms with Crippen LogP contribution in [0.5, 0.6) is 0 Å². The van der Waals surface area contributed by atoms with E-state index in [-0.39, 0.29) is 5.91 Å². The van der Waals surface area contributed by atoms with Crippen molar-refractivity contribution in [2.24, 2.45) is 0 Å². The van der Waals surface area contributed by atoms with E-state index in [1.807, 2.05) is 41.2 Å². The van der Waals surface area contributed by atoms with Crippen molar-refractivity contribution in [1.29, 1.82) is 0 Å². The maximum atomic E-state index is 12.6. The van der Waals surface area contributed by atoms with Crippen LogP contribution in [0, 0.1) is 0 Å². The first-order valence-electron chi connectivity index (χ1n) is 8.08. The number of amides is 1. The number of pyridine rings is 1. The number of carbonyl (C=O) groups is 1. The fourth-order valence-electron chi connectivity index (χ4n) is 2.37. The molecule has 0 saturated carbocycles. The zero-order chi connectivity index (χ0) is 16.8. The molecular formula is C18H20N4OS. The van der Waals surface area contributed by atoms with Crippen molar-refractivity contribution in [3.63, 3.8) is 0 Å². The second-order valence-electron chi connectivity index (χ2n) is 5.50. The van der Waals surface area contributed by atoms with Gasteiger partial charge in [-0.3, -0.25) is 9.78 Å². The summed E-state index contributed by atoms with van der Waals surface area (Å²) in [5.41, 5.74) is 1.92. The Morgan fingerprint density at radius 3 is 2.71 bits per heavy atom. The number of nitrogens with one attached hydrogen (secondary N) is 1. The Labute approximate surface area is 145 Å². The van der Waals surface area contributed by atoms with Crippen molar-refractivity contribution in [1.82, 2.24) is 19.9 Å². The minimum Gasteiger partial charge on any atom is -0.347 e. The van der Waals surface area contributed by atoms with Crippen molar-refractivity contribution < 1.29 is 4.79 Å². The van der Waals surface area contributed by atoms with Gasteiger partial charge in [0.05, 0.1) is 5.69 Å². The van der Waals surface area contributed by atoms with Crippen LogP contribution in [0.4, 0.5) is 0 Å². The van der Waals surface area contributed by atoms with Gasteiger partial charge in [0.15, 0.2) is 5.13 Å². The number of aryl methyl sites for hydroxylation is 1. The van der Waals surface area contributed by atoms with Crippen molar-refractivity contribution in [3.05, 3.63) is 65.2 Å². The highest BCUT2D eigenvalue weighted by Gasteiger charge is 2.18. The Bertz CT molecular complexity index is 781. The first-order chi connectivity index (χ1) is 11.8. The van der Waals surface area contributed by atoms with Crippen LogP contribution in [0.25, 0.3) is 5.13 Å². The Hall–Kier alpha value is -2.47. The normalized spacial score (nSPS) is 10.7. The summed E-state index contributed by atoms with van der Waals surface area (Å²) in [4.78, 5) is 22.0. The Kier molecular flexibility index (Phi) is 5.38. The lowest BCUT2D eigenvalue weighted by atomic mass is 10.2. The number of thiazole rings is 1. The average Bonchev–Trinajstić information content (AvgIpc) is 3.28. The smallest absolute Gasteiger partial charge is 0.263 e. The predicted octanol–water partition coefficient (Wildman–Crippen LogP) is 3.60. The molecule has 0 aliphatic rings. The van der Waals surface area contributed by atoms with Gasteiger partial charge in [0.25, 0.3) is 5.91 Å². The van der Waals surface area contributed by atoms with Gasteiger partial charge in [-0.2, -0.15) is 0 Å². The first-order valence-corrected chi connectivity index (χ1v) is 8.89. The quantitative estimate of drug-likeness (QED) is 0.715. The van der Waals surface area contributed by atoms with E-state index >= 15 is 0 Å². The van der Waals surface area contributed by atoms with E-state index in [4.69, 9.17) is 0 Å². The molecule has 0 atom stereocenters. The highest BCUT2D eigenvalue weighted by atomic mass is 32.1. The average molecular weight is 340 g/mol. The van der Waals surface area contributed by atoms with Gasteiger partial charge in [-0.05, 0) is 42.7 Å². The van der Waals surface area contributed by atoms with Crippen LogP contribution in [-0.2, 0) is 13.0 Å². The maximum absolute atomic E-state index is 12.6. The van der Waals surface area contributed by atoms with Crippen LogP contribution in [0.2, 0.25) is 0 Å². The molecule has 6 heteroatoms. The standard InChI is InChI=1S/C18H20N4OS/c1-2-3-6-15-16(24-18(21-15)22-11-4-5-12-22)17(23)20-13-14-7-9-19-10-8-14/h4-5,7-12H,2-3,6,13H2,1H3,(H,20,23). The molecule has 0 fully saturated rings. The minimum atomic E-state index is -0.0613. The lowest BCUT2D eigenvalue weighted by Gasteiger charge is -2.05. The molecule has 0 aliphatic heterocycles. The molecule has 3 aromatic heterocycles. The van der Waals surface area contributed by atoms with Gasteiger partial charge in [0, 0.05) is 31.3 Å². The number of carbonyl (C=O) groups excluding carboxylic acids is 1. The van der Waals surface area contributed by atoms with Crippen molar-refractivity contribution in [2.75, 3.05) is 0 Å². The van der Waals surface area contributed by atoms with Gasteiger partial charge in [-0.15, -0.1) is 0 Å². The Morgan fingerprint density at radius 2 is 2.00 bits per heavy atom. The molecule has 1 N–H and O–H groups in total. The molecule has 0 unspecified atom stereocenters.